The molecule has 2 aromatic carbocycles. The number of para-hydroxylation sites is 2. The number of carbonyl (C=O) groups excluding carboxylic acids is 1. The maximum atomic E-state index is 12.6. The minimum Gasteiger partial charge on any atom is -0.495 e. The molecule has 0 aliphatic heterocycles. The number of anilines is 4. The van der Waals surface area contributed by atoms with Gasteiger partial charge in [0.1, 0.15) is 11.6 Å². The molecule has 0 bridgehead atoms. The zero-order chi connectivity index (χ0) is 20.4. The fraction of sp³-hybridized carbons (Fsp3) is 0.261. The van der Waals surface area contributed by atoms with Crippen molar-refractivity contribution >= 4 is 28.9 Å². The molecule has 148 valence electrons. The molecular formula is C23H24N4O2. The number of carbonyl (C=O) groups is 1. The number of nitrogens with one attached hydrogen (secondary N) is 2. The van der Waals surface area contributed by atoms with Crippen molar-refractivity contribution in [2.45, 2.75) is 33.1 Å². The number of Topliss-reactive ketones (excluding diaryl/α,β-unsaturated/α-hetero) is 1. The lowest BCUT2D eigenvalue weighted by molar-refractivity contribution is 0.0972. The quantitative estimate of drug-likeness (QED) is 0.633. The predicted molar refractivity (Wildman–Crippen MR) is 115 cm³/mol. The molecule has 2 N–H and O–H groups in total. The van der Waals surface area contributed by atoms with Gasteiger partial charge in [0.25, 0.3) is 0 Å². The van der Waals surface area contributed by atoms with Crippen molar-refractivity contribution in [3.63, 3.8) is 0 Å². The molecule has 1 aliphatic rings. The van der Waals surface area contributed by atoms with Crippen LogP contribution in [0.4, 0.5) is 23.1 Å². The van der Waals surface area contributed by atoms with Crippen LogP contribution in [0.3, 0.4) is 0 Å². The van der Waals surface area contributed by atoms with Crippen LogP contribution in [-0.2, 0) is 6.42 Å². The summed E-state index contributed by atoms with van der Waals surface area (Å²) >= 11 is 0. The summed E-state index contributed by atoms with van der Waals surface area (Å²) in [5.74, 6) is 1.77. The molecule has 0 fully saturated rings. The highest BCUT2D eigenvalue weighted by Gasteiger charge is 2.25. The van der Waals surface area contributed by atoms with Crippen LogP contribution in [0.2, 0.25) is 0 Å². The third-order valence-corrected chi connectivity index (χ3v) is 5.07. The van der Waals surface area contributed by atoms with Crippen LogP contribution in [0, 0.1) is 13.8 Å². The Bertz CT molecular complexity index is 1080. The highest BCUT2D eigenvalue weighted by molar-refractivity contribution is 6.03. The summed E-state index contributed by atoms with van der Waals surface area (Å²) in [4.78, 5) is 21.9. The van der Waals surface area contributed by atoms with E-state index in [0.29, 0.717) is 29.5 Å². The number of methoxy groups -OCH3 is 1. The zero-order valence-electron chi connectivity index (χ0n) is 16.9. The summed E-state index contributed by atoms with van der Waals surface area (Å²) in [6.07, 6.45) is 2.09. The van der Waals surface area contributed by atoms with Crippen LogP contribution < -0.4 is 15.4 Å². The molecule has 4 rings (SSSR count). The number of ether oxygens (including phenoxy) is 1. The molecule has 6 nitrogen and oxygen atoms in total. The Morgan fingerprint density at radius 1 is 0.966 bits per heavy atom. The third kappa shape index (κ3) is 3.92. The third-order valence-electron chi connectivity index (χ3n) is 5.07. The summed E-state index contributed by atoms with van der Waals surface area (Å²) in [6, 6.07) is 13.8. The number of aryl methyl sites for hydroxylation is 3. The first-order valence-electron chi connectivity index (χ1n) is 9.73. The lowest BCUT2D eigenvalue weighted by atomic mass is 9.95. The topological polar surface area (TPSA) is 76.1 Å². The van der Waals surface area contributed by atoms with Gasteiger partial charge in [0.2, 0.25) is 5.95 Å². The lowest BCUT2D eigenvalue weighted by Gasteiger charge is -2.20. The Balaban J connectivity index is 1.76. The van der Waals surface area contributed by atoms with Crippen LogP contribution >= 0.6 is 0 Å². The van der Waals surface area contributed by atoms with Gasteiger partial charge in [-0.2, -0.15) is 4.98 Å². The number of aromatic nitrogens is 2. The second-order valence-electron chi connectivity index (χ2n) is 7.26. The summed E-state index contributed by atoms with van der Waals surface area (Å²) in [7, 11) is 1.63. The van der Waals surface area contributed by atoms with Crippen molar-refractivity contribution in [1.82, 2.24) is 9.97 Å². The average molecular weight is 388 g/mol. The van der Waals surface area contributed by atoms with E-state index >= 15 is 0 Å². The number of rotatable bonds is 5. The van der Waals surface area contributed by atoms with E-state index in [-0.39, 0.29) is 5.78 Å². The van der Waals surface area contributed by atoms with Gasteiger partial charge in [-0.15, -0.1) is 0 Å². The smallest absolute Gasteiger partial charge is 0.229 e. The summed E-state index contributed by atoms with van der Waals surface area (Å²) in [6.45, 7) is 4.10. The molecule has 6 heteroatoms. The first kappa shape index (κ1) is 18.9. The van der Waals surface area contributed by atoms with Gasteiger partial charge in [0.15, 0.2) is 5.78 Å². The van der Waals surface area contributed by atoms with E-state index < -0.39 is 0 Å². The largest absolute Gasteiger partial charge is 0.495 e. The van der Waals surface area contributed by atoms with E-state index in [1.165, 1.54) is 5.56 Å². The fourth-order valence-corrected chi connectivity index (χ4v) is 3.62. The van der Waals surface area contributed by atoms with Gasteiger partial charge in [0.05, 0.1) is 24.1 Å². The standard InChI is InChI=1S/C23H24N4O2/c1-14-11-12-16(15(2)13-14)24-22-21-18(8-6-9-19(21)28)26-23(27-22)25-17-7-4-5-10-20(17)29-3/h4-5,7,10-13H,6,8-9H2,1-3H3,(H2,24,25,26,27). The monoisotopic (exact) mass is 388 g/mol. The fourth-order valence-electron chi connectivity index (χ4n) is 3.62. The zero-order valence-corrected chi connectivity index (χ0v) is 16.9. The van der Waals surface area contributed by atoms with Crippen LogP contribution in [0.25, 0.3) is 0 Å². The Labute approximate surface area is 170 Å². The Hall–Kier alpha value is -3.41. The predicted octanol–water partition coefficient (Wildman–Crippen LogP) is 5.11. The van der Waals surface area contributed by atoms with Crippen molar-refractivity contribution in [3.8, 4) is 5.75 Å². The van der Waals surface area contributed by atoms with Gasteiger partial charge in [-0.05, 0) is 50.5 Å². The van der Waals surface area contributed by atoms with E-state index in [2.05, 4.69) is 33.6 Å². The van der Waals surface area contributed by atoms with Gasteiger partial charge < -0.3 is 15.4 Å². The van der Waals surface area contributed by atoms with E-state index in [9.17, 15) is 4.79 Å². The first-order valence-corrected chi connectivity index (χ1v) is 9.73. The minimum atomic E-state index is 0.0855. The number of nitrogens with zero attached hydrogens (tertiary/aromatic N) is 2. The van der Waals surface area contributed by atoms with Crippen molar-refractivity contribution in [3.05, 3.63) is 64.8 Å². The molecule has 0 unspecified atom stereocenters. The van der Waals surface area contributed by atoms with E-state index in [1.807, 2.05) is 43.3 Å². The van der Waals surface area contributed by atoms with Crippen LogP contribution in [0.15, 0.2) is 42.5 Å². The molecule has 0 saturated heterocycles. The second-order valence-corrected chi connectivity index (χ2v) is 7.26. The van der Waals surface area contributed by atoms with Gasteiger partial charge in [-0.25, -0.2) is 4.98 Å². The Morgan fingerprint density at radius 2 is 1.79 bits per heavy atom. The van der Waals surface area contributed by atoms with Crippen LogP contribution in [-0.4, -0.2) is 22.9 Å². The Kier molecular flexibility index (Phi) is 5.16. The SMILES string of the molecule is COc1ccccc1Nc1nc2c(c(Nc3ccc(C)cc3C)n1)C(=O)CCC2. The minimum absolute atomic E-state index is 0.0855. The molecule has 29 heavy (non-hydrogen) atoms. The van der Waals surface area contributed by atoms with Gasteiger partial charge >= 0.3 is 0 Å². The number of hydrogen-bond donors (Lipinski definition) is 2. The first-order chi connectivity index (χ1) is 14.0. The highest BCUT2D eigenvalue weighted by Crippen LogP contribution is 2.32. The molecule has 1 heterocycles. The van der Waals surface area contributed by atoms with Crippen molar-refractivity contribution < 1.29 is 9.53 Å². The molecule has 0 saturated carbocycles. The van der Waals surface area contributed by atoms with Gasteiger partial charge in [-0.1, -0.05) is 29.8 Å². The molecule has 0 atom stereocenters. The molecule has 0 amide bonds. The maximum Gasteiger partial charge on any atom is 0.229 e. The summed E-state index contributed by atoms with van der Waals surface area (Å²) in [5.41, 5.74) is 5.36. The number of ketones is 1. The van der Waals surface area contributed by atoms with Gasteiger partial charge in [0, 0.05) is 12.1 Å². The molecule has 0 spiro atoms. The van der Waals surface area contributed by atoms with E-state index in [4.69, 9.17) is 4.74 Å². The van der Waals surface area contributed by atoms with Crippen LogP contribution in [0.1, 0.15) is 40.0 Å². The normalized spacial score (nSPS) is 13.0. The van der Waals surface area contributed by atoms with Gasteiger partial charge in [-0.3, -0.25) is 4.79 Å². The van der Waals surface area contributed by atoms with Crippen molar-refractivity contribution in [2.75, 3.05) is 17.7 Å². The van der Waals surface area contributed by atoms with Crippen molar-refractivity contribution in [1.29, 1.82) is 0 Å². The van der Waals surface area contributed by atoms with E-state index in [1.54, 1.807) is 7.11 Å². The molecule has 1 aliphatic carbocycles. The molecule has 1 aromatic heterocycles. The second kappa shape index (κ2) is 7.91. The highest BCUT2D eigenvalue weighted by atomic mass is 16.5. The maximum absolute atomic E-state index is 12.6. The summed E-state index contributed by atoms with van der Waals surface area (Å²) in [5, 5.41) is 6.61. The average Bonchev–Trinajstić information content (AvgIpc) is 2.70. The lowest BCUT2D eigenvalue weighted by Crippen LogP contribution is -2.18. The molecule has 3 aromatic rings. The Morgan fingerprint density at radius 3 is 2.59 bits per heavy atom. The number of fused-ring (bicyclic) bond motifs is 1. The van der Waals surface area contributed by atoms with Crippen molar-refractivity contribution in [2.24, 2.45) is 0 Å². The number of hydrogen-bond acceptors (Lipinski definition) is 6. The molecule has 0 radical (unpaired) electrons. The summed E-state index contributed by atoms with van der Waals surface area (Å²) < 4.78 is 5.41. The van der Waals surface area contributed by atoms with Crippen LogP contribution in [0.5, 0.6) is 5.75 Å². The number of benzene rings is 2. The molecular weight excluding hydrogens is 364 g/mol. The van der Waals surface area contributed by atoms with E-state index in [0.717, 1.165) is 35.5 Å².